The van der Waals surface area contributed by atoms with E-state index < -0.39 is 0 Å². The van der Waals surface area contributed by atoms with Crippen LogP contribution >= 0.6 is 0 Å². The van der Waals surface area contributed by atoms with Crippen LogP contribution in [0.15, 0.2) is 0 Å². The quantitative estimate of drug-likeness (QED) is 0.624. The molecule has 2 rings (SSSR count). The molecule has 2 aliphatic carbocycles. The molecule has 0 amide bonds. The standard InChI is InChI=1S/C14H26/c1-9-8-14(9)12(4)10(2)11(3)13-6-5-7-13/h9-14H,5-8H2,1-4H3. The van der Waals surface area contributed by atoms with E-state index in [2.05, 4.69) is 27.7 Å². The summed E-state index contributed by atoms with van der Waals surface area (Å²) in [5.41, 5.74) is 0. The van der Waals surface area contributed by atoms with Crippen molar-refractivity contribution in [1.29, 1.82) is 0 Å². The van der Waals surface area contributed by atoms with Crippen LogP contribution < -0.4 is 0 Å². The molecule has 5 atom stereocenters. The third kappa shape index (κ3) is 1.85. The number of hydrogen-bond donors (Lipinski definition) is 0. The Hall–Kier alpha value is 0. The van der Waals surface area contributed by atoms with Gasteiger partial charge in [0.15, 0.2) is 0 Å². The van der Waals surface area contributed by atoms with Crippen molar-refractivity contribution in [2.45, 2.75) is 53.4 Å². The Balaban J connectivity index is 1.83. The third-order valence-electron chi connectivity index (χ3n) is 5.40. The van der Waals surface area contributed by atoms with E-state index in [0.717, 1.165) is 35.5 Å². The molecule has 0 radical (unpaired) electrons. The molecule has 0 aromatic heterocycles. The molecule has 0 saturated heterocycles. The molecule has 0 heteroatoms. The van der Waals surface area contributed by atoms with Gasteiger partial charge in [0.2, 0.25) is 0 Å². The van der Waals surface area contributed by atoms with E-state index in [-0.39, 0.29) is 0 Å². The summed E-state index contributed by atoms with van der Waals surface area (Å²) in [5.74, 6) is 6.07. The summed E-state index contributed by atoms with van der Waals surface area (Å²) in [6.07, 6.45) is 6.02. The van der Waals surface area contributed by atoms with Crippen molar-refractivity contribution < 1.29 is 0 Å². The van der Waals surface area contributed by atoms with Gasteiger partial charge in [0.05, 0.1) is 0 Å². The molecule has 0 aromatic carbocycles. The van der Waals surface area contributed by atoms with E-state index >= 15 is 0 Å². The first-order chi connectivity index (χ1) is 6.61. The van der Waals surface area contributed by atoms with Gasteiger partial charge < -0.3 is 0 Å². The first kappa shape index (κ1) is 10.5. The highest BCUT2D eigenvalue weighted by Crippen LogP contribution is 2.49. The van der Waals surface area contributed by atoms with Crippen molar-refractivity contribution in [2.75, 3.05) is 0 Å². The summed E-state index contributed by atoms with van der Waals surface area (Å²) in [5, 5.41) is 0. The van der Waals surface area contributed by atoms with E-state index in [1.54, 1.807) is 0 Å². The van der Waals surface area contributed by atoms with Crippen LogP contribution in [0.2, 0.25) is 0 Å². The maximum absolute atomic E-state index is 2.50. The van der Waals surface area contributed by atoms with Crippen LogP contribution in [0.1, 0.15) is 53.4 Å². The molecule has 0 N–H and O–H groups in total. The molecule has 2 saturated carbocycles. The highest BCUT2D eigenvalue weighted by Gasteiger charge is 2.41. The fourth-order valence-corrected chi connectivity index (χ4v) is 3.35. The molecule has 5 unspecified atom stereocenters. The van der Waals surface area contributed by atoms with E-state index in [1.807, 2.05) is 0 Å². The minimum Gasteiger partial charge on any atom is -0.0622 e. The van der Waals surface area contributed by atoms with Crippen molar-refractivity contribution in [3.8, 4) is 0 Å². The van der Waals surface area contributed by atoms with Crippen LogP contribution in [0, 0.1) is 35.5 Å². The molecule has 0 aliphatic heterocycles. The Bertz CT molecular complexity index is 181. The van der Waals surface area contributed by atoms with Crippen molar-refractivity contribution in [3.63, 3.8) is 0 Å². The molecule has 82 valence electrons. The van der Waals surface area contributed by atoms with Gasteiger partial charge in [-0.1, -0.05) is 47.0 Å². The molecular weight excluding hydrogens is 168 g/mol. The van der Waals surface area contributed by atoms with Crippen molar-refractivity contribution >= 4 is 0 Å². The maximum Gasteiger partial charge on any atom is -0.0357 e. The lowest BCUT2D eigenvalue weighted by atomic mass is 9.68. The zero-order chi connectivity index (χ0) is 10.3. The second kappa shape index (κ2) is 3.87. The van der Waals surface area contributed by atoms with Crippen LogP contribution in [0.25, 0.3) is 0 Å². The van der Waals surface area contributed by atoms with Crippen molar-refractivity contribution in [3.05, 3.63) is 0 Å². The van der Waals surface area contributed by atoms with Gasteiger partial charge >= 0.3 is 0 Å². The Kier molecular flexibility index (Phi) is 2.91. The second-order valence-corrected chi connectivity index (χ2v) is 6.15. The number of hydrogen-bond acceptors (Lipinski definition) is 0. The largest absolute Gasteiger partial charge is 0.0622 e. The van der Waals surface area contributed by atoms with Gasteiger partial charge in [-0.15, -0.1) is 0 Å². The molecule has 2 aliphatic rings. The topological polar surface area (TPSA) is 0 Å². The summed E-state index contributed by atoms with van der Waals surface area (Å²) in [4.78, 5) is 0. The van der Waals surface area contributed by atoms with Gasteiger partial charge in [0.1, 0.15) is 0 Å². The lowest BCUT2D eigenvalue weighted by Crippen LogP contribution is -2.29. The zero-order valence-electron chi connectivity index (χ0n) is 10.3. The van der Waals surface area contributed by atoms with Crippen molar-refractivity contribution in [2.24, 2.45) is 35.5 Å². The maximum atomic E-state index is 2.50. The second-order valence-electron chi connectivity index (χ2n) is 6.15. The SMILES string of the molecule is CC1CC1C(C)C(C)C(C)C1CCC1. The summed E-state index contributed by atoms with van der Waals surface area (Å²) >= 11 is 0. The average Bonchev–Trinajstić information content (AvgIpc) is 2.77. The monoisotopic (exact) mass is 194 g/mol. The fraction of sp³-hybridized carbons (Fsp3) is 1.00. The van der Waals surface area contributed by atoms with Crippen LogP contribution in [0.4, 0.5) is 0 Å². The average molecular weight is 194 g/mol. The van der Waals surface area contributed by atoms with E-state index in [0.29, 0.717) is 0 Å². The van der Waals surface area contributed by atoms with E-state index in [1.165, 1.54) is 25.7 Å². The predicted octanol–water partition coefficient (Wildman–Crippen LogP) is 4.35. The Morgan fingerprint density at radius 3 is 1.93 bits per heavy atom. The number of rotatable bonds is 4. The highest BCUT2D eigenvalue weighted by atomic mass is 14.5. The fourth-order valence-electron chi connectivity index (χ4n) is 3.35. The van der Waals surface area contributed by atoms with E-state index in [4.69, 9.17) is 0 Å². The van der Waals surface area contributed by atoms with Crippen LogP contribution in [-0.2, 0) is 0 Å². The Labute approximate surface area is 89.5 Å². The molecular formula is C14H26. The van der Waals surface area contributed by atoms with E-state index in [9.17, 15) is 0 Å². The van der Waals surface area contributed by atoms with Crippen LogP contribution in [0.3, 0.4) is 0 Å². The summed E-state index contributed by atoms with van der Waals surface area (Å²) in [6.45, 7) is 9.91. The van der Waals surface area contributed by atoms with Gasteiger partial charge in [-0.05, 0) is 41.9 Å². The Morgan fingerprint density at radius 1 is 1.00 bits per heavy atom. The molecule has 0 spiro atoms. The highest BCUT2D eigenvalue weighted by molar-refractivity contribution is 4.91. The molecule has 14 heavy (non-hydrogen) atoms. The minimum absolute atomic E-state index is 0.954. The van der Waals surface area contributed by atoms with Gasteiger partial charge in [0, 0.05) is 0 Å². The predicted molar refractivity (Wildman–Crippen MR) is 62.1 cm³/mol. The summed E-state index contributed by atoms with van der Waals surface area (Å²) in [6, 6.07) is 0. The first-order valence-corrected chi connectivity index (χ1v) is 6.61. The summed E-state index contributed by atoms with van der Waals surface area (Å²) in [7, 11) is 0. The zero-order valence-corrected chi connectivity index (χ0v) is 10.3. The Morgan fingerprint density at radius 2 is 1.57 bits per heavy atom. The summed E-state index contributed by atoms with van der Waals surface area (Å²) < 4.78 is 0. The molecule has 0 nitrogen and oxygen atoms in total. The van der Waals surface area contributed by atoms with Gasteiger partial charge in [-0.25, -0.2) is 0 Å². The molecule has 2 fully saturated rings. The van der Waals surface area contributed by atoms with Gasteiger partial charge in [-0.2, -0.15) is 0 Å². The van der Waals surface area contributed by atoms with Gasteiger partial charge in [-0.3, -0.25) is 0 Å². The van der Waals surface area contributed by atoms with Crippen LogP contribution in [0.5, 0.6) is 0 Å². The van der Waals surface area contributed by atoms with Crippen LogP contribution in [-0.4, -0.2) is 0 Å². The molecule has 0 aromatic rings. The minimum atomic E-state index is 0.954. The molecule has 0 heterocycles. The normalized spacial score (nSPS) is 38.6. The lowest BCUT2D eigenvalue weighted by molar-refractivity contribution is 0.125. The smallest absolute Gasteiger partial charge is 0.0357 e. The third-order valence-corrected chi connectivity index (χ3v) is 5.40. The molecule has 0 bridgehead atoms. The van der Waals surface area contributed by atoms with Gasteiger partial charge in [0.25, 0.3) is 0 Å². The first-order valence-electron chi connectivity index (χ1n) is 6.61. The van der Waals surface area contributed by atoms with Crippen molar-refractivity contribution in [1.82, 2.24) is 0 Å². The lowest BCUT2D eigenvalue weighted by Gasteiger charge is -2.37.